The molecule has 2 aromatic rings. The molecule has 0 fully saturated rings. The summed E-state index contributed by atoms with van der Waals surface area (Å²) in [5, 5.41) is 8.74. The van der Waals surface area contributed by atoms with Gasteiger partial charge in [-0.15, -0.1) is 0 Å². The molecule has 1 aromatic heterocycles. The van der Waals surface area contributed by atoms with Gasteiger partial charge in [0.2, 0.25) is 0 Å². The zero-order valence-electron chi connectivity index (χ0n) is 10.1. The quantitative estimate of drug-likeness (QED) is 0.806. The average molecular weight is 225 g/mol. The molecule has 0 N–H and O–H groups in total. The highest BCUT2D eigenvalue weighted by molar-refractivity contribution is 5.31. The third-order valence-electron chi connectivity index (χ3n) is 2.70. The van der Waals surface area contributed by atoms with Crippen LogP contribution in [0.25, 0.3) is 0 Å². The Balaban J connectivity index is 2.20. The predicted octanol–water partition coefficient (Wildman–Crippen LogP) is 2.93. The Morgan fingerprint density at radius 2 is 2.00 bits per heavy atom. The number of nitriles is 1. The molecular formula is C14H15N3. The normalized spacial score (nSPS) is 10.5. The highest BCUT2D eigenvalue weighted by Crippen LogP contribution is 2.14. The summed E-state index contributed by atoms with van der Waals surface area (Å²) in [7, 11) is 0. The van der Waals surface area contributed by atoms with Crippen molar-refractivity contribution in [2.45, 2.75) is 26.3 Å². The molecule has 0 unspecified atom stereocenters. The first kappa shape index (κ1) is 11.4. The maximum Gasteiger partial charge on any atom is 0.111 e. The Kier molecular flexibility index (Phi) is 3.24. The molecule has 0 spiro atoms. The fourth-order valence-corrected chi connectivity index (χ4v) is 1.84. The van der Waals surface area contributed by atoms with Crippen LogP contribution in [0.15, 0.2) is 36.7 Å². The molecule has 86 valence electrons. The van der Waals surface area contributed by atoms with Gasteiger partial charge in [-0.25, -0.2) is 4.98 Å². The van der Waals surface area contributed by atoms with Crippen LogP contribution < -0.4 is 0 Å². The Bertz CT molecular complexity index is 529. The summed E-state index contributed by atoms with van der Waals surface area (Å²) in [5.74, 6) is 1.51. The van der Waals surface area contributed by atoms with Crippen LogP contribution in [0.4, 0.5) is 0 Å². The van der Waals surface area contributed by atoms with Crippen molar-refractivity contribution in [2.24, 2.45) is 0 Å². The van der Waals surface area contributed by atoms with E-state index < -0.39 is 0 Å². The summed E-state index contributed by atoms with van der Waals surface area (Å²) in [6.45, 7) is 5.08. The van der Waals surface area contributed by atoms with Crippen molar-refractivity contribution in [3.05, 3.63) is 53.6 Å². The summed E-state index contributed by atoms with van der Waals surface area (Å²) in [5.41, 5.74) is 1.88. The smallest absolute Gasteiger partial charge is 0.111 e. The van der Waals surface area contributed by atoms with Crippen molar-refractivity contribution >= 4 is 0 Å². The molecule has 0 aliphatic rings. The van der Waals surface area contributed by atoms with E-state index in [0.29, 0.717) is 11.5 Å². The summed E-state index contributed by atoms with van der Waals surface area (Å²) < 4.78 is 2.14. The van der Waals surface area contributed by atoms with Gasteiger partial charge in [0.15, 0.2) is 0 Å². The van der Waals surface area contributed by atoms with Gasteiger partial charge in [-0.2, -0.15) is 5.26 Å². The molecule has 2 rings (SSSR count). The van der Waals surface area contributed by atoms with Crippen molar-refractivity contribution in [2.75, 3.05) is 0 Å². The lowest BCUT2D eigenvalue weighted by Gasteiger charge is -2.10. The number of rotatable bonds is 3. The first-order chi connectivity index (χ1) is 8.20. The SMILES string of the molecule is CC(C)c1nccn1Cc1ccc(C#N)cc1. The molecule has 1 aromatic carbocycles. The molecule has 0 atom stereocenters. The van der Waals surface area contributed by atoms with Gasteiger partial charge >= 0.3 is 0 Å². The van der Waals surface area contributed by atoms with Crippen molar-refractivity contribution < 1.29 is 0 Å². The van der Waals surface area contributed by atoms with Crippen molar-refractivity contribution in [3.8, 4) is 6.07 Å². The molecule has 0 radical (unpaired) electrons. The molecule has 17 heavy (non-hydrogen) atoms. The molecule has 0 saturated carbocycles. The molecule has 1 heterocycles. The minimum absolute atomic E-state index is 0.420. The van der Waals surface area contributed by atoms with Gasteiger partial charge in [0.25, 0.3) is 0 Å². The van der Waals surface area contributed by atoms with E-state index in [1.807, 2.05) is 36.7 Å². The van der Waals surface area contributed by atoms with E-state index in [9.17, 15) is 0 Å². The van der Waals surface area contributed by atoms with E-state index in [0.717, 1.165) is 12.4 Å². The first-order valence-corrected chi connectivity index (χ1v) is 5.71. The summed E-state index contributed by atoms with van der Waals surface area (Å²) >= 11 is 0. The topological polar surface area (TPSA) is 41.6 Å². The lowest BCUT2D eigenvalue weighted by molar-refractivity contribution is 0.669. The van der Waals surface area contributed by atoms with Crippen LogP contribution in [0, 0.1) is 11.3 Å². The number of benzene rings is 1. The minimum atomic E-state index is 0.420. The summed E-state index contributed by atoms with van der Waals surface area (Å²) in [6, 6.07) is 9.80. The molecule has 3 heteroatoms. The molecule has 0 amide bonds. The van der Waals surface area contributed by atoms with Gasteiger partial charge in [0.05, 0.1) is 11.6 Å². The van der Waals surface area contributed by atoms with Crippen LogP contribution in [0.2, 0.25) is 0 Å². The van der Waals surface area contributed by atoms with E-state index in [2.05, 4.69) is 29.5 Å². The molecule has 3 nitrogen and oxygen atoms in total. The predicted molar refractivity (Wildman–Crippen MR) is 66.6 cm³/mol. The number of hydrogen-bond acceptors (Lipinski definition) is 2. The molecule has 0 bridgehead atoms. The van der Waals surface area contributed by atoms with Crippen LogP contribution in [0.5, 0.6) is 0 Å². The van der Waals surface area contributed by atoms with Gasteiger partial charge in [-0.1, -0.05) is 26.0 Å². The molecule has 0 aliphatic heterocycles. The van der Waals surface area contributed by atoms with Crippen LogP contribution in [-0.4, -0.2) is 9.55 Å². The number of hydrogen-bond donors (Lipinski definition) is 0. The van der Waals surface area contributed by atoms with Crippen molar-refractivity contribution in [1.29, 1.82) is 5.26 Å². The standard InChI is InChI=1S/C14H15N3/c1-11(2)14-16-7-8-17(14)10-13-5-3-12(9-15)4-6-13/h3-8,11H,10H2,1-2H3. The number of nitrogens with zero attached hydrogens (tertiary/aromatic N) is 3. The van der Waals surface area contributed by atoms with Crippen LogP contribution in [0.1, 0.15) is 36.7 Å². The monoisotopic (exact) mass is 225 g/mol. The Hall–Kier alpha value is -2.08. The third-order valence-corrected chi connectivity index (χ3v) is 2.70. The van der Waals surface area contributed by atoms with Crippen LogP contribution >= 0.6 is 0 Å². The highest BCUT2D eigenvalue weighted by Gasteiger charge is 2.07. The Labute approximate surface area is 101 Å². The van der Waals surface area contributed by atoms with E-state index in [1.54, 1.807) is 0 Å². The van der Waals surface area contributed by atoms with Crippen molar-refractivity contribution in [3.63, 3.8) is 0 Å². The zero-order chi connectivity index (χ0) is 12.3. The molecule has 0 aliphatic carbocycles. The van der Waals surface area contributed by atoms with Gasteiger partial charge < -0.3 is 4.57 Å². The Morgan fingerprint density at radius 3 is 2.59 bits per heavy atom. The molecule has 0 saturated heterocycles. The lowest BCUT2D eigenvalue weighted by Crippen LogP contribution is -2.05. The zero-order valence-corrected chi connectivity index (χ0v) is 10.1. The van der Waals surface area contributed by atoms with Gasteiger partial charge in [-0.05, 0) is 17.7 Å². The maximum atomic E-state index is 8.74. The van der Waals surface area contributed by atoms with Gasteiger partial charge in [-0.3, -0.25) is 0 Å². The summed E-state index contributed by atoms with van der Waals surface area (Å²) in [4.78, 5) is 4.36. The fourth-order valence-electron chi connectivity index (χ4n) is 1.84. The minimum Gasteiger partial charge on any atom is -0.330 e. The second-order valence-corrected chi connectivity index (χ2v) is 4.38. The fraction of sp³-hybridized carbons (Fsp3) is 0.286. The maximum absolute atomic E-state index is 8.74. The Morgan fingerprint density at radius 1 is 1.29 bits per heavy atom. The van der Waals surface area contributed by atoms with Crippen LogP contribution in [0.3, 0.4) is 0 Å². The average Bonchev–Trinajstić information content (AvgIpc) is 2.78. The first-order valence-electron chi connectivity index (χ1n) is 5.71. The van der Waals surface area contributed by atoms with E-state index in [-0.39, 0.29) is 0 Å². The van der Waals surface area contributed by atoms with E-state index >= 15 is 0 Å². The third kappa shape index (κ3) is 2.54. The van der Waals surface area contributed by atoms with Gasteiger partial charge in [0, 0.05) is 24.9 Å². The molecular weight excluding hydrogens is 210 g/mol. The number of aromatic nitrogens is 2. The largest absolute Gasteiger partial charge is 0.330 e. The highest BCUT2D eigenvalue weighted by atomic mass is 15.1. The summed E-state index contributed by atoms with van der Waals surface area (Å²) in [6.07, 6.45) is 3.83. The second kappa shape index (κ2) is 4.84. The van der Waals surface area contributed by atoms with Crippen molar-refractivity contribution in [1.82, 2.24) is 9.55 Å². The van der Waals surface area contributed by atoms with E-state index in [1.165, 1.54) is 5.56 Å². The van der Waals surface area contributed by atoms with Crippen LogP contribution in [-0.2, 0) is 6.54 Å². The second-order valence-electron chi connectivity index (χ2n) is 4.38. The number of imidazole rings is 1. The van der Waals surface area contributed by atoms with Gasteiger partial charge in [0.1, 0.15) is 5.82 Å². The lowest BCUT2D eigenvalue weighted by atomic mass is 10.1. The van der Waals surface area contributed by atoms with E-state index in [4.69, 9.17) is 5.26 Å².